The topological polar surface area (TPSA) is 117 Å². The lowest BCUT2D eigenvalue weighted by atomic mass is 9.86. The van der Waals surface area contributed by atoms with Crippen LogP contribution in [0.4, 0.5) is 10.1 Å². The molecule has 2 aromatic rings. The zero-order valence-electron chi connectivity index (χ0n) is 15.1. The van der Waals surface area contributed by atoms with Gasteiger partial charge in [0.05, 0.1) is 18.6 Å². The van der Waals surface area contributed by atoms with E-state index in [-0.39, 0.29) is 5.56 Å². The van der Waals surface area contributed by atoms with Crippen LogP contribution in [0.3, 0.4) is 0 Å². The molecule has 3 N–H and O–H groups in total. The Labute approximate surface area is 175 Å². The Balaban J connectivity index is 2.02. The van der Waals surface area contributed by atoms with Crippen LogP contribution >= 0.6 is 23.2 Å². The minimum Gasteiger partial charge on any atom is -0.394 e. The zero-order valence-corrected chi connectivity index (χ0v) is 16.6. The van der Waals surface area contributed by atoms with Crippen molar-refractivity contribution in [2.75, 3.05) is 11.9 Å². The van der Waals surface area contributed by atoms with Crippen molar-refractivity contribution in [2.24, 2.45) is 0 Å². The summed E-state index contributed by atoms with van der Waals surface area (Å²) in [7, 11) is 0. The molecule has 0 spiro atoms. The largest absolute Gasteiger partial charge is 0.394 e. The number of benzene rings is 1. The molecule has 1 aliphatic rings. The molecular weight excluding hydrogens is 426 g/mol. The Bertz CT molecular complexity index is 961. The molecule has 0 radical (unpaired) electrons. The van der Waals surface area contributed by atoms with Gasteiger partial charge >= 0.3 is 0 Å². The van der Waals surface area contributed by atoms with E-state index >= 15 is 0 Å². The third-order valence-corrected chi connectivity index (χ3v) is 5.45. The summed E-state index contributed by atoms with van der Waals surface area (Å²) in [5.41, 5.74) is 1.01. The SMILES string of the molecule is Cc1ccc(Cl)cc1NC(=O)[C@@H]1N[C@@H](CO)[C@@H]([N+](=O)[O-])[C@@H]1c1ccnc(Cl)c1F. The van der Waals surface area contributed by atoms with E-state index in [9.17, 15) is 24.4 Å². The molecule has 8 nitrogen and oxygen atoms in total. The fourth-order valence-corrected chi connectivity index (χ4v) is 3.89. The minimum absolute atomic E-state index is 0.127. The van der Waals surface area contributed by atoms with Crippen molar-refractivity contribution in [1.29, 1.82) is 0 Å². The maximum Gasteiger partial charge on any atom is 0.242 e. The van der Waals surface area contributed by atoms with Gasteiger partial charge in [-0.15, -0.1) is 0 Å². The first kappa shape index (κ1) is 21.4. The van der Waals surface area contributed by atoms with Gasteiger partial charge in [0, 0.05) is 27.4 Å². The Morgan fingerprint density at radius 1 is 1.41 bits per heavy atom. The van der Waals surface area contributed by atoms with E-state index in [2.05, 4.69) is 15.6 Å². The lowest BCUT2D eigenvalue weighted by Crippen LogP contribution is -2.43. The highest BCUT2D eigenvalue weighted by molar-refractivity contribution is 6.31. The molecule has 3 rings (SSSR count). The van der Waals surface area contributed by atoms with E-state index < -0.39 is 52.5 Å². The number of hydrogen-bond donors (Lipinski definition) is 3. The highest BCUT2D eigenvalue weighted by atomic mass is 35.5. The average Bonchev–Trinajstić information content (AvgIpc) is 3.06. The Hall–Kier alpha value is -2.33. The quantitative estimate of drug-likeness (QED) is 0.372. The number of nitrogens with zero attached hydrogens (tertiary/aromatic N) is 2. The second-order valence-electron chi connectivity index (χ2n) is 6.69. The van der Waals surface area contributed by atoms with Gasteiger partial charge in [0.1, 0.15) is 6.04 Å². The van der Waals surface area contributed by atoms with Crippen LogP contribution in [0.2, 0.25) is 10.2 Å². The molecule has 0 aliphatic carbocycles. The molecule has 29 heavy (non-hydrogen) atoms. The molecular formula is C18H17Cl2FN4O4. The first-order valence-corrected chi connectivity index (χ1v) is 9.37. The van der Waals surface area contributed by atoms with Crippen LogP contribution in [0.15, 0.2) is 30.5 Å². The smallest absolute Gasteiger partial charge is 0.242 e. The minimum atomic E-state index is -1.45. The number of aliphatic hydroxyl groups excluding tert-OH is 1. The van der Waals surface area contributed by atoms with Crippen molar-refractivity contribution < 1.29 is 19.2 Å². The highest BCUT2D eigenvalue weighted by Gasteiger charge is 2.54. The van der Waals surface area contributed by atoms with Crippen molar-refractivity contribution >= 4 is 34.8 Å². The number of aryl methyl sites for hydroxylation is 1. The van der Waals surface area contributed by atoms with E-state index in [0.29, 0.717) is 10.7 Å². The van der Waals surface area contributed by atoms with E-state index in [4.69, 9.17) is 23.2 Å². The van der Waals surface area contributed by atoms with Crippen molar-refractivity contribution in [1.82, 2.24) is 10.3 Å². The standard InChI is InChI=1S/C18H17Cl2FN4O4/c1-8-2-3-9(19)6-11(8)24-18(27)15-13(10-4-5-22-17(20)14(10)21)16(25(28)29)12(7-26)23-15/h2-6,12-13,15-16,23,26H,7H2,1H3,(H,24,27)/t12-,13+,15+,16+/m0/s1. The first-order chi connectivity index (χ1) is 13.7. The van der Waals surface area contributed by atoms with Crippen molar-refractivity contribution in [3.63, 3.8) is 0 Å². The number of nitrogens with one attached hydrogen (secondary N) is 2. The van der Waals surface area contributed by atoms with Crippen LogP contribution in [-0.4, -0.2) is 45.7 Å². The number of rotatable bonds is 5. The molecule has 0 saturated carbocycles. The molecule has 11 heteroatoms. The third-order valence-electron chi connectivity index (χ3n) is 4.95. The average molecular weight is 443 g/mol. The number of halogens is 3. The summed E-state index contributed by atoms with van der Waals surface area (Å²) in [4.78, 5) is 27.7. The summed E-state index contributed by atoms with van der Waals surface area (Å²) in [6.07, 6.45) is 1.21. The molecule has 4 atom stereocenters. The van der Waals surface area contributed by atoms with Gasteiger partial charge in [0.25, 0.3) is 0 Å². The Morgan fingerprint density at radius 2 is 2.14 bits per heavy atom. The third kappa shape index (κ3) is 4.18. The lowest BCUT2D eigenvalue weighted by molar-refractivity contribution is -0.527. The first-order valence-electron chi connectivity index (χ1n) is 8.62. The number of aliphatic hydroxyl groups is 1. The number of aromatic nitrogens is 1. The van der Waals surface area contributed by atoms with Crippen molar-refractivity contribution in [3.8, 4) is 0 Å². The van der Waals surface area contributed by atoms with Gasteiger partial charge in [-0.05, 0) is 30.7 Å². The monoisotopic (exact) mass is 442 g/mol. The van der Waals surface area contributed by atoms with Gasteiger partial charge in [0.15, 0.2) is 11.0 Å². The number of anilines is 1. The number of carbonyl (C=O) groups excluding carboxylic acids is 1. The molecule has 1 aromatic heterocycles. The fraction of sp³-hybridized carbons (Fsp3) is 0.333. The molecule has 0 unspecified atom stereocenters. The van der Waals surface area contributed by atoms with E-state index in [1.807, 2.05) is 0 Å². The lowest BCUT2D eigenvalue weighted by Gasteiger charge is -2.21. The molecule has 154 valence electrons. The fourth-order valence-electron chi connectivity index (χ4n) is 3.55. The van der Waals surface area contributed by atoms with Gasteiger partial charge < -0.3 is 10.4 Å². The van der Waals surface area contributed by atoms with Gasteiger partial charge in [0.2, 0.25) is 11.9 Å². The number of pyridine rings is 1. The maximum absolute atomic E-state index is 14.6. The Morgan fingerprint density at radius 3 is 2.79 bits per heavy atom. The second kappa shape index (κ2) is 8.58. The Kier molecular flexibility index (Phi) is 6.33. The number of amides is 1. The molecule has 2 heterocycles. The summed E-state index contributed by atoms with van der Waals surface area (Å²) < 4.78 is 14.6. The van der Waals surface area contributed by atoms with Crippen molar-refractivity contribution in [3.05, 3.63) is 67.7 Å². The summed E-state index contributed by atoms with van der Waals surface area (Å²) in [5, 5.41) is 26.7. The van der Waals surface area contributed by atoms with Gasteiger partial charge in [-0.25, -0.2) is 9.37 Å². The van der Waals surface area contributed by atoms with Crippen LogP contribution < -0.4 is 10.6 Å². The second-order valence-corrected chi connectivity index (χ2v) is 7.48. The zero-order chi connectivity index (χ0) is 21.3. The number of hydrogen-bond acceptors (Lipinski definition) is 6. The van der Waals surface area contributed by atoms with Crippen LogP contribution in [-0.2, 0) is 4.79 Å². The highest BCUT2D eigenvalue weighted by Crippen LogP contribution is 2.36. The van der Waals surface area contributed by atoms with Crippen LogP contribution in [0.25, 0.3) is 0 Å². The van der Waals surface area contributed by atoms with E-state index in [1.165, 1.54) is 18.3 Å². The molecule has 1 saturated heterocycles. The van der Waals surface area contributed by atoms with Crippen LogP contribution in [0.5, 0.6) is 0 Å². The summed E-state index contributed by atoms with van der Waals surface area (Å²) in [6.45, 7) is 1.15. The molecule has 0 bridgehead atoms. The van der Waals surface area contributed by atoms with Crippen LogP contribution in [0.1, 0.15) is 17.0 Å². The predicted molar refractivity (Wildman–Crippen MR) is 105 cm³/mol. The van der Waals surface area contributed by atoms with E-state index in [0.717, 1.165) is 5.56 Å². The summed E-state index contributed by atoms with van der Waals surface area (Å²) in [6, 6.07) is 2.43. The number of nitro groups is 1. The summed E-state index contributed by atoms with van der Waals surface area (Å²) >= 11 is 11.7. The van der Waals surface area contributed by atoms with Crippen molar-refractivity contribution in [2.45, 2.75) is 31.0 Å². The van der Waals surface area contributed by atoms with E-state index in [1.54, 1.807) is 19.1 Å². The normalized spacial score (nSPS) is 23.8. The maximum atomic E-state index is 14.6. The molecule has 1 fully saturated rings. The predicted octanol–water partition coefficient (Wildman–Crippen LogP) is 2.54. The molecule has 1 aromatic carbocycles. The summed E-state index contributed by atoms with van der Waals surface area (Å²) in [5.74, 6) is -2.79. The van der Waals surface area contributed by atoms with Gasteiger partial charge in [-0.1, -0.05) is 29.3 Å². The van der Waals surface area contributed by atoms with Gasteiger partial charge in [-0.3, -0.25) is 20.2 Å². The molecule has 1 aliphatic heterocycles. The number of carbonyl (C=O) groups is 1. The van der Waals surface area contributed by atoms with Gasteiger partial charge in [-0.2, -0.15) is 0 Å². The molecule has 1 amide bonds. The van der Waals surface area contributed by atoms with Crippen LogP contribution in [0, 0.1) is 22.9 Å².